The van der Waals surface area contributed by atoms with Crippen molar-refractivity contribution >= 4 is 30.2 Å². The number of esters is 1. The van der Waals surface area contributed by atoms with Crippen LogP contribution in [0.4, 0.5) is 0 Å². The lowest BCUT2D eigenvalue weighted by molar-refractivity contribution is 0.0597. The fourth-order valence-corrected chi connectivity index (χ4v) is 1.37. The number of thiol groups is 1. The molecule has 0 saturated carbocycles. The summed E-state index contributed by atoms with van der Waals surface area (Å²) in [7, 11) is 1.25. The van der Waals surface area contributed by atoms with E-state index >= 15 is 0 Å². The molecule has 0 unspecified atom stereocenters. The molecule has 0 bridgehead atoms. The molecule has 0 aliphatic carbocycles. The van der Waals surface area contributed by atoms with Crippen molar-refractivity contribution in [1.29, 1.82) is 5.26 Å². The van der Waals surface area contributed by atoms with E-state index in [2.05, 4.69) is 17.4 Å². The van der Waals surface area contributed by atoms with E-state index in [1.165, 1.54) is 19.2 Å². The van der Waals surface area contributed by atoms with Crippen molar-refractivity contribution in [2.24, 2.45) is 0 Å². The summed E-state index contributed by atoms with van der Waals surface area (Å²) < 4.78 is 4.52. The van der Waals surface area contributed by atoms with Crippen LogP contribution in [0.5, 0.6) is 0 Å². The molecule has 0 aromatic heterocycles. The van der Waals surface area contributed by atoms with E-state index in [-0.39, 0.29) is 10.6 Å². The first-order valence-corrected chi connectivity index (χ1v) is 4.43. The minimum atomic E-state index is -0.561. The average Bonchev–Trinajstić information content (AvgIpc) is 2.20. The monoisotopic (exact) mass is 227 g/mol. The standard InChI is InChI=1S/C9H6ClNO2S/c1-13-9(12)6-2-5(4-11)3-7(10)8(6)14/h2-3,14H,1H3. The van der Waals surface area contributed by atoms with Crippen molar-refractivity contribution in [1.82, 2.24) is 0 Å². The molecule has 1 rings (SSSR count). The number of nitriles is 1. The lowest BCUT2D eigenvalue weighted by Crippen LogP contribution is -2.03. The van der Waals surface area contributed by atoms with Crippen molar-refractivity contribution in [3.63, 3.8) is 0 Å². The minimum absolute atomic E-state index is 0.194. The minimum Gasteiger partial charge on any atom is -0.465 e. The Morgan fingerprint density at radius 2 is 2.29 bits per heavy atom. The van der Waals surface area contributed by atoms with Gasteiger partial charge in [0.1, 0.15) is 0 Å². The summed E-state index contributed by atoms with van der Waals surface area (Å²) in [6, 6.07) is 4.72. The van der Waals surface area contributed by atoms with Crippen LogP contribution in [0.1, 0.15) is 15.9 Å². The first-order chi connectivity index (χ1) is 6.60. The maximum atomic E-state index is 11.2. The van der Waals surface area contributed by atoms with Crippen LogP contribution in [-0.2, 0) is 4.74 Å². The highest BCUT2D eigenvalue weighted by Gasteiger charge is 2.13. The van der Waals surface area contributed by atoms with Gasteiger partial charge in [0.05, 0.1) is 29.3 Å². The van der Waals surface area contributed by atoms with Crippen LogP contribution in [0.15, 0.2) is 17.0 Å². The van der Waals surface area contributed by atoms with E-state index in [1.54, 1.807) is 0 Å². The first-order valence-electron chi connectivity index (χ1n) is 3.61. The van der Waals surface area contributed by atoms with Gasteiger partial charge in [-0.3, -0.25) is 0 Å². The molecule has 0 saturated heterocycles. The van der Waals surface area contributed by atoms with Crippen LogP contribution in [0, 0.1) is 11.3 Å². The molecular formula is C9H6ClNO2S. The molecule has 72 valence electrons. The van der Waals surface area contributed by atoms with Crippen molar-refractivity contribution in [3.05, 3.63) is 28.3 Å². The topological polar surface area (TPSA) is 50.1 Å². The van der Waals surface area contributed by atoms with Gasteiger partial charge in [-0.25, -0.2) is 4.79 Å². The van der Waals surface area contributed by atoms with Gasteiger partial charge in [0.25, 0.3) is 0 Å². The molecule has 0 atom stereocenters. The van der Waals surface area contributed by atoms with Crippen molar-refractivity contribution in [2.45, 2.75) is 4.90 Å². The van der Waals surface area contributed by atoms with Gasteiger partial charge in [0.2, 0.25) is 0 Å². The predicted molar refractivity (Wildman–Crippen MR) is 54.8 cm³/mol. The molecule has 0 heterocycles. The van der Waals surface area contributed by atoms with Crippen molar-refractivity contribution < 1.29 is 9.53 Å². The van der Waals surface area contributed by atoms with Crippen LogP contribution in [0.25, 0.3) is 0 Å². The summed E-state index contributed by atoms with van der Waals surface area (Å²) >= 11 is 9.81. The van der Waals surface area contributed by atoms with Crippen LogP contribution in [0.2, 0.25) is 5.02 Å². The van der Waals surface area contributed by atoms with Gasteiger partial charge in [0, 0.05) is 4.90 Å². The number of hydrogen-bond donors (Lipinski definition) is 1. The summed E-state index contributed by atoms with van der Waals surface area (Å²) in [5, 5.41) is 8.90. The number of hydrogen-bond acceptors (Lipinski definition) is 4. The number of carbonyl (C=O) groups excluding carboxylic acids is 1. The molecule has 5 heteroatoms. The zero-order valence-electron chi connectivity index (χ0n) is 7.24. The summed E-state index contributed by atoms with van der Waals surface area (Å²) in [4.78, 5) is 11.5. The van der Waals surface area contributed by atoms with E-state index in [4.69, 9.17) is 16.9 Å². The highest BCUT2D eigenvalue weighted by molar-refractivity contribution is 7.80. The van der Waals surface area contributed by atoms with Gasteiger partial charge in [0.15, 0.2) is 0 Å². The Hall–Kier alpha value is -1.18. The molecule has 3 nitrogen and oxygen atoms in total. The van der Waals surface area contributed by atoms with Gasteiger partial charge >= 0.3 is 5.97 Å². The van der Waals surface area contributed by atoms with Gasteiger partial charge in [-0.15, -0.1) is 12.6 Å². The normalized spacial score (nSPS) is 9.29. The number of methoxy groups -OCH3 is 1. The van der Waals surface area contributed by atoms with Gasteiger partial charge in [-0.2, -0.15) is 5.26 Å². The maximum absolute atomic E-state index is 11.2. The predicted octanol–water partition coefficient (Wildman–Crippen LogP) is 2.29. The zero-order valence-corrected chi connectivity index (χ0v) is 8.89. The molecule has 0 aliphatic rings. The lowest BCUT2D eigenvalue weighted by Gasteiger charge is -2.04. The number of rotatable bonds is 1. The molecule has 1 aromatic carbocycles. The van der Waals surface area contributed by atoms with E-state index in [9.17, 15) is 4.79 Å². The van der Waals surface area contributed by atoms with Crippen LogP contribution < -0.4 is 0 Å². The summed E-state index contributed by atoms with van der Waals surface area (Å²) in [6.07, 6.45) is 0. The second kappa shape index (κ2) is 4.36. The van der Waals surface area contributed by atoms with Crippen molar-refractivity contribution in [3.8, 4) is 6.07 Å². The smallest absolute Gasteiger partial charge is 0.339 e. The second-order valence-corrected chi connectivity index (χ2v) is 3.31. The van der Waals surface area contributed by atoms with E-state index < -0.39 is 5.97 Å². The largest absolute Gasteiger partial charge is 0.465 e. The van der Waals surface area contributed by atoms with E-state index in [0.717, 1.165) is 0 Å². The number of nitrogens with zero attached hydrogens (tertiary/aromatic N) is 1. The molecule has 0 amide bonds. The summed E-state index contributed by atoms with van der Waals surface area (Å²) in [5.74, 6) is -0.561. The zero-order chi connectivity index (χ0) is 10.7. The van der Waals surface area contributed by atoms with E-state index in [1.807, 2.05) is 6.07 Å². The first kappa shape index (κ1) is 10.9. The summed E-state index contributed by atoms with van der Waals surface area (Å²) in [6.45, 7) is 0. The van der Waals surface area contributed by atoms with Crippen LogP contribution in [0.3, 0.4) is 0 Å². The Labute approximate surface area is 91.7 Å². The lowest BCUT2D eigenvalue weighted by atomic mass is 10.1. The van der Waals surface area contributed by atoms with E-state index in [0.29, 0.717) is 10.5 Å². The Balaban J connectivity index is 3.36. The Bertz CT molecular complexity index is 426. The Kier molecular flexibility index (Phi) is 3.39. The van der Waals surface area contributed by atoms with Crippen LogP contribution in [-0.4, -0.2) is 13.1 Å². The quantitative estimate of drug-likeness (QED) is 0.592. The molecular weight excluding hydrogens is 222 g/mol. The Morgan fingerprint density at radius 1 is 1.64 bits per heavy atom. The molecule has 0 aliphatic heterocycles. The highest BCUT2D eigenvalue weighted by Crippen LogP contribution is 2.26. The molecule has 14 heavy (non-hydrogen) atoms. The highest BCUT2D eigenvalue weighted by atomic mass is 35.5. The third-order valence-corrected chi connectivity index (χ3v) is 2.51. The fraction of sp³-hybridized carbons (Fsp3) is 0.111. The van der Waals surface area contributed by atoms with Crippen molar-refractivity contribution in [2.75, 3.05) is 7.11 Å². The summed E-state index contributed by atoms with van der Waals surface area (Å²) in [5.41, 5.74) is 0.494. The number of benzene rings is 1. The number of ether oxygens (including phenoxy) is 1. The molecule has 0 N–H and O–H groups in total. The Morgan fingerprint density at radius 3 is 2.79 bits per heavy atom. The maximum Gasteiger partial charge on any atom is 0.339 e. The second-order valence-electron chi connectivity index (χ2n) is 2.46. The SMILES string of the molecule is COC(=O)c1cc(C#N)cc(Cl)c1S. The third kappa shape index (κ3) is 2.00. The number of halogens is 1. The molecule has 0 fully saturated rings. The van der Waals surface area contributed by atoms with Gasteiger partial charge < -0.3 is 4.74 Å². The van der Waals surface area contributed by atoms with Crippen LogP contribution >= 0.6 is 24.2 Å². The molecule has 0 spiro atoms. The molecule has 1 aromatic rings. The average molecular weight is 228 g/mol. The van der Waals surface area contributed by atoms with Gasteiger partial charge in [-0.05, 0) is 12.1 Å². The third-order valence-electron chi connectivity index (χ3n) is 1.60. The fourth-order valence-electron chi connectivity index (χ4n) is 0.929. The molecule has 0 radical (unpaired) electrons. The van der Waals surface area contributed by atoms with Gasteiger partial charge in [-0.1, -0.05) is 11.6 Å². The number of carbonyl (C=O) groups is 1.